The van der Waals surface area contributed by atoms with Gasteiger partial charge in [0.05, 0.1) is 12.3 Å². The van der Waals surface area contributed by atoms with Crippen LogP contribution in [0.5, 0.6) is 0 Å². The van der Waals surface area contributed by atoms with Crippen LogP contribution in [0.4, 0.5) is 0 Å². The Morgan fingerprint density at radius 1 is 2.00 bits per heavy atom. The summed E-state index contributed by atoms with van der Waals surface area (Å²) in [5.41, 5.74) is -0.120. The lowest BCUT2D eigenvalue weighted by molar-refractivity contribution is 0.206. The molecule has 0 radical (unpaired) electrons. The summed E-state index contributed by atoms with van der Waals surface area (Å²) in [7, 11) is 0.846. The Kier molecular flexibility index (Phi) is 0.952. The predicted octanol–water partition coefficient (Wildman–Crippen LogP) is -1.93. The summed E-state index contributed by atoms with van der Waals surface area (Å²) in [6.07, 6.45) is 0.219. The minimum Gasteiger partial charge on any atom is -0.395 e. The van der Waals surface area contributed by atoms with Crippen LogP contribution < -0.4 is 0 Å². The number of ether oxygens (including phenoxy) is 1. The number of epoxide rings is 1. The van der Waals surface area contributed by atoms with Crippen molar-refractivity contribution in [2.75, 3.05) is 6.61 Å². The molecule has 0 spiro atoms. The van der Waals surface area contributed by atoms with Crippen LogP contribution >= 0.6 is 0 Å². The number of hydrogen-bond acceptors (Lipinski definition) is 2. The van der Waals surface area contributed by atoms with Gasteiger partial charge in [0.1, 0.15) is 6.10 Å². The van der Waals surface area contributed by atoms with Gasteiger partial charge in [0.15, 0.2) is 0 Å². The van der Waals surface area contributed by atoms with Crippen LogP contribution in [0.25, 0.3) is 0 Å². The zero-order valence-corrected chi connectivity index (χ0v) is 5.72. The molecule has 1 heterocycles. The molecule has 0 saturated carbocycles. The highest BCUT2D eigenvalue weighted by Gasteiger charge is 2.27. The van der Waals surface area contributed by atoms with Crippen molar-refractivity contribution < 1.29 is 9.84 Å². The third-order valence-corrected chi connectivity index (χ3v) is 1.64. The minimum absolute atomic E-state index is 0.120. The maximum atomic E-state index is 8.63. The second kappa shape index (κ2) is 1.33. The number of aliphatic hydroxyl groups is 1. The van der Waals surface area contributed by atoms with Crippen LogP contribution in [-0.2, 0) is 4.74 Å². The summed E-state index contributed by atoms with van der Waals surface area (Å²) in [4.78, 5) is 0. The monoisotopic (exact) mass is 104 g/mol. The predicted molar refractivity (Wildman–Crippen MR) is 25.7 cm³/mol. The van der Waals surface area contributed by atoms with Crippen molar-refractivity contribution in [2.24, 2.45) is 0 Å². The van der Waals surface area contributed by atoms with Crippen LogP contribution in [-0.4, -0.2) is 33.8 Å². The zero-order valence-electron chi connectivity index (χ0n) is 3.72. The maximum absolute atomic E-state index is 8.63. The maximum Gasteiger partial charge on any atom is 0.103 e. The molecule has 36 valence electrons. The highest BCUT2D eigenvalue weighted by Crippen LogP contribution is 2.10. The highest BCUT2D eigenvalue weighted by molar-refractivity contribution is 6.11. The van der Waals surface area contributed by atoms with E-state index in [4.69, 9.17) is 9.84 Å². The lowest BCUT2D eigenvalue weighted by Crippen LogP contribution is -2.12. The van der Waals surface area contributed by atoms with Crippen molar-refractivity contribution in [3.05, 3.63) is 0 Å². The third-order valence-electron chi connectivity index (χ3n) is 0.897. The molecule has 0 aliphatic carbocycles. The van der Waals surface area contributed by atoms with Crippen LogP contribution in [0.1, 0.15) is 0 Å². The fourth-order valence-electron chi connectivity index (χ4n) is 0.334. The largest absolute Gasteiger partial charge is 0.395 e. The summed E-state index contributed by atoms with van der Waals surface area (Å²) in [6.45, 7) is 0.782. The fourth-order valence-corrected chi connectivity index (χ4v) is 0.719. The van der Waals surface area contributed by atoms with Gasteiger partial charge < -0.3 is 9.84 Å². The molecule has 0 aromatic carbocycles. The molecule has 6 heavy (non-hydrogen) atoms. The molecule has 2 atom stereocenters. The van der Waals surface area contributed by atoms with Gasteiger partial charge in [0.2, 0.25) is 0 Å². The van der Waals surface area contributed by atoms with E-state index in [-0.39, 0.29) is 11.8 Å². The van der Waals surface area contributed by atoms with Gasteiger partial charge in [-0.1, -0.05) is 0 Å². The minimum atomic E-state index is -0.120. The van der Waals surface area contributed by atoms with Crippen LogP contribution in [0.15, 0.2) is 0 Å². The van der Waals surface area contributed by atoms with E-state index in [1.165, 1.54) is 0 Å². The first-order valence-corrected chi connectivity index (χ1v) is 3.26. The normalized spacial score (nSPS) is 36.5. The van der Waals surface area contributed by atoms with E-state index in [1.807, 2.05) is 0 Å². The summed E-state index contributed by atoms with van der Waals surface area (Å²) >= 11 is 0. The zero-order chi connectivity index (χ0) is 4.57. The lowest BCUT2D eigenvalue weighted by Gasteiger charge is -1.90. The van der Waals surface area contributed by atoms with Gasteiger partial charge in [-0.3, -0.25) is 0 Å². The molecule has 0 bridgehead atoms. The summed E-state index contributed by atoms with van der Waals surface area (Å²) < 4.78 is 4.75. The second-order valence-electron chi connectivity index (χ2n) is 1.61. The van der Waals surface area contributed by atoms with Crippen LogP contribution in [0.3, 0.4) is 0 Å². The quantitative estimate of drug-likeness (QED) is 0.310. The Bertz CT molecular complexity index is 50.8. The Morgan fingerprint density at radius 3 is 2.50 bits per heavy atom. The fraction of sp³-hybridized carbons (Fsp3) is 1.00. The van der Waals surface area contributed by atoms with Crippen molar-refractivity contribution in [3.63, 3.8) is 0 Å². The third kappa shape index (κ3) is 0.799. The smallest absolute Gasteiger partial charge is 0.103 e. The first kappa shape index (κ1) is 4.30. The molecule has 0 amide bonds. The van der Waals surface area contributed by atoms with Gasteiger partial charge in [-0.2, -0.15) is 0 Å². The molecule has 1 N–H and O–H groups in total. The van der Waals surface area contributed by atoms with E-state index >= 15 is 0 Å². The summed E-state index contributed by atoms with van der Waals surface area (Å²) in [6, 6.07) is 0. The molecule has 1 saturated heterocycles. The van der Waals surface area contributed by atoms with E-state index in [0.717, 1.165) is 16.8 Å². The average molecular weight is 104 g/mol. The topological polar surface area (TPSA) is 32.8 Å². The SMILES string of the molecule is OC([SiH3])[C@@H]1CO1. The molecular weight excluding hydrogens is 96.1 g/mol. The van der Waals surface area contributed by atoms with Crippen molar-refractivity contribution in [1.29, 1.82) is 0 Å². The molecule has 2 nitrogen and oxygen atoms in total. The van der Waals surface area contributed by atoms with Gasteiger partial charge in [-0.15, -0.1) is 0 Å². The molecular formula is C3H8O2Si. The number of hydrogen-bond donors (Lipinski definition) is 1. The summed E-state index contributed by atoms with van der Waals surface area (Å²) in [5, 5.41) is 8.63. The van der Waals surface area contributed by atoms with Crippen molar-refractivity contribution in [2.45, 2.75) is 11.8 Å². The van der Waals surface area contributed by atoms with Gasteiger partial charge in [0, 0.05) is 10.2 Å². The van der Waals surface area contributed by atoms with E-state index in [1.54, 1.807) is 0 Å². The Balaban J connectivity index is 2.13. The first-order chi connectivity index (χ1) is 2.80. The van der Waals surface area contributed by atoms with Crippen LogP contribution in [0.2, 0.25) is 0 Å². The molecule has 0 aromatic rings. The van der Waals surface area contributed by atoms with Gasteiger partial charge in [0.25, 0.3) is 0 Å². The van der Waals surface area contributed by atoms with Crippen molar-refractivity contribution in [1.82, 2.24) is 0 Å². The number of aliphatic hydroxyl groups excluding tert-OH is 1. The number of rotatable bonds is 1. The molecule has 1 aliphatic rings. The first-order valence-electron chi connectivity index (χ1n) is 2.10. The molecule has 1 aliphatic heterocycles. The molecule has 1 unspecified atom stereocenters. The molecule has 3 heteroatoms. The Hall–Kier alpha value is 0.137. The van der Waals surface area contributed by atoms with E-state index in [2.05, 4.69) is 0 Å². The van der Waals surface area contributed by atoms with Gasteiger partial charge in [-0.25, -0.2) is 0 Å². The van der Waals surface area contributed by atoms with Crippen molar-refractivity contribution in [3.8, 4) is 0 Å². The second-order valence-corrected chi connectivity index (χ2v) is 2.80. The molecule has 0 aromatic heterocycles. The van der Waals surface area contributed by atoms with E-state index in [9.17, 15) is 0 Å². The van der Waals surface area contributed by atoms with Gasteiger partial charge in [-0.05, 0) is 0 Å². The van der Waals surface area contributed by atoms with Crippen molar-refractivity contribution >= 4 is 10.2 Å². The van der Waals surface area contributed by atoms with E-state index in [0.29, 0.717) is 0 Å². The highest BCUT2D eigenvalue weighted by atomic mass is 28.1. The van der Waals surface area contributed by atoms with Gasteiger partial charge >= 0.3 is 0 Å². The Labute approximate surface area is 39.5 Å². The molecule has 1 rings (SSSR count). The molecule has 1 fully saturated rings. The average Bonchev–Trinajstić information content (AvgIpc) is 2.06. The Morgan fingerprint density at radius 2 is 2.50 bits per heavy atom. The van der Waals surface area contributed by atoms with E-state index < -0.39 is 0 Å². The lowest BCUT2D eigenvalue weighted by atomic mass is 10.5. The van der Waals surface area contributed by atoms with Crippen LogP contribution in [0, 0.1) is 0 Å². The summed E-state index contributed by atoms with van der Waals surface area (Å²) in [5.74, 6) is 0. The standard InChI is InChI=1S/C3H8O2Si/c4-3(6)2-1-5-2/h2-4H,1H2,6H3/t2-,3?/m0/s1.